The molecule has 1 atom stereocenters. The Kier molecular flexibility index (Phi) is 5.52. The van der Waals surface area contributed by atoms with Crippen LogP contribution in [0, 0.1) is 0 Å². The van der Waals surface area contributed by atoms with E-state index >= 15 is 0 Å². The number of nitrogens with zero attached hydrogens (tertiary/aromatic N) is 3. The van der Waals surface area contributed by atoms with E-state index in [9.17, 15) is 0 Å². The molecule has 0 aliphatic rings. The number of imidazole rings is 1. The summed E-state index contributed by atoms with van der Waals surface area (Å²) in [6.45, 7) is 6.43. The van der Waals surface area contributed by atoms with E-state index in [0.29, 0.717) is 28.7 Å². The zero-order valence-corrected chi connectivity index (χ0v) is 17.4. The van der Waals surface area contributed by atoms with E-state index in [0.717, 1.165) is 11.4 Å². The molecule has 0 amide bonds. The van der Waals surface area contributed by atoms with Crippen LogP contribution in [0.3, 0.4) is 0 Å². The minimum absolute atomic E-state index is 0.461. The predicted molar refractivity (Wildman–Crippen MR) is 105 cm³/mol. The lowest BCUT2D eigenvalue weighted by atomic mass is 9.86. The Bertz CT molecular complexity index is 810. The lowest BCUT2D eigenvalue weighted by molar-refractivity contribution is 0.0540. The van der Waals surface area contributed by atoms with Crippen molar-refractivity contribution in [3.05, 3.63) is 64.2 Å². The van der Waals surface area contributed by atoms with E-state index in [-0.39, 0.29) is 0 Å². The normalized spacial score (nSPS) is 14.3. The van der Waals surface area contributed by atoms with Gasteiger partial charge in [0.1, 0.15) is 12.2 Å². The molecule has 6 nitrogen and oxygen atoms in total. The average molecular weight is 410 g/mol. The first-order chi connectivity index (χ1) is 12.3. The van der Waals surface area contributed by atoms with Gasteiger partial charge in [-0.25, -0.2) is 9.97 Å². The maximum absolute atomic E-state index is 6.74. The molecule has 9 heteroatoms. The summed E-state index contributed by atoms with van der Waals surface area (Å²) in [6, 6.07) is 5.48. The second-order valence-electron chi connectivity index (χ2n) is 7.14. The highest BCUT2D eigenvalue weighted by Crippen LogP contribution is 2.40. The lowest BCUT2D eigenvalue weighted by Gasteiger charge is -2.39. The van der Waals surface area contributed by atoms with Crippen LogP contribution >= 0.6 is 23.2 Å². The van der Waals surface area contributed by atoms with Gasteiger partial charge in [-0.2, -0.15) is 5.10 Å². The fourth-order valence-corrected chi connectivity index (χ4v) is 5.07. The van der Waals surface area contributed by atoms with Crippen LogP contribution in [0.25, 0.3) is 0 Å². The molecule has 138 valence electrons. The van der Waals surface area contributed by atoms with Crippen molar-refractivity contribution in [3.63, 3.8) is 0 Å². The Balaban J connectivity index is 2.14. The molecule has 0 saturated heterocycles. The molecule has 0 aliphatic heterocycles. The first-order valence-electron chi connectivity index (χ1n) is 8.26. The van der Waals surface area contributed by atoms with E-state index in [1.807, 2.05) is 12.1 Å². The summed E-state index contributed by atoms with van der Waals surface area (Å²) in [5.41, 5.74) is 0.0961. The first kappa shape index (κ1) is 19.1. The Labute approximate surface area is 163 Å². The van der Waals surface area contributed by atoms with Crippen LogP contribution in [0.15, 0.2) is 36.9 Å². The first-order valence-corrected chi connectivity index (χ1v) is 12.4. The van der Waals surface area contributed by atoms with Crippen LogP contribution in [-0.4, -0.2) is 33.5 Å². The molecule has 0 saturated carbocycles. The van der Waals surface area contributed by atoms with Gasteiger partial charge in [0.2, 0.25) is 0 Å². The molecule has 26 heavy (non-hydrogen) atoms. The van der Waals surface area contributed by atoms with Crippen LogP contribution in [-0.2, 0) is 22.9 Å². The maximum atomic E-state index is 6.74. The number of hydrogen-bond acceptors (Lipinski definition) is 4. The van der Waals surface area contributed by atoms with Crippen LogP contribution in [0.5, 0.6) is 0 Å². The van der Waals surface area contributed by atoms with Gasteiger partial charge < -0.3 is 9.41 Å². The number of halogens is 2. The second-order valence-corrected chi connectivity index (χ2v) is 12.4. The van der Waals surface area contributed by atoms with Crippen molar-refractivity contribution in [3.8, 4) is 0 Å². The van der Waals surface area contributed by atoms with Gasteiger partial charge in [0.15, 0.2) is 14.1 Å². The summed E-state index contributed by atoms with van der Waals surface area (Å²) in [4.78, 5) is 11.9. The van der Waals surface area contributed by atoms with Crippen molar-refractivity contribution >= 4 is 31.5 Å². The van der Waals surface area contributed by atoms with Crippen LogP contribution in [0.2, 0.25) is 29.7 Å². The molecule has 0 aliphatic carbocycles. The minimum Gasteiger partial charge on any atom is -0.407 e. The zero-order chi connectivity index (χ0) is 18.8. The summed E-state index contributed by atoms with van der Waals surface area (Å²) in [5, 5.41) is 8.13. The van der Waals surface area contributed by atoms with Gasteiger partial charge in [-0.15, -0.1) is 0 Å². The molecule has 0 fully saturated rings. The highest BCUT2D eigenvalue weighted by molar-refractivity contribution is 6.69. The molecule has 2 aromatic heterocycles. The van der Waals surface area contributed by atoms with Crippen molar-refractivity contribution in [2.75, 3.05) is 0 Å². The number of hydrogen-bond donors (Lipinski definition) is 2. The Hall–Kier alpha value is -1.67. The van der Waals surface area contributed by atoms with Gasteiger partial charge in [-0.05, 0) is 31.8 Å². The van der Waals surface area contributed by atoms with E-state index in [4.69, 9.17) is 27.6 Å². The Morgan fingerprint density at radius 2 is 1.96 bits per heavy atom. The van der Waals surface area contributed by atoms with Gasteiger partial charge in [0.05, 0.1) is 5.60 Å². The summed E-state index contributed by atoms with van der Waals surface area (Å²) in [7, 11) is -1.98. The molecular weight excluding hydrogens is 389 g/mol. The van der Waals surface area contributed by atoms with Crippen LogP contribution in [0.4, 0.5) is 0 Å². The van der Waals surface area contributed by atoms with E-state index in [1.54, 1.807) is 24.8 Å². The average Bonchev–Trinajstić information content (AvgIpc) is 3.19. The Morgan fingerprint density at radius 1 is 1.15 bits per heavy atom. The topological polar surface area (TPSA) is 79.5 Å². The maximum Gasteiger partial charge on any atom is 0.185 e. The van der Waals surface area contributed by atoms with Gasteiger partial charge in [-0.1, -0.05) is 29.3 Å². The van der Waals surface area contributed by atoms with Crippen molar-refractivity contribution in [2.45, 2.75) is 38.1 Å². The van der Waals surface area contributed by atoms with Gasteiger partial charge in [-0.3, -0.25) is 5.10 Å². The van der Waals surface area contributed by atoms with Crippen molar-refractivity contribution < 1.29 is 4.43 Å². The molecule has 2 heterocycles. The number of nitrogens with one attached hydrogen (secondary N) is 2. The van der Waals surface area contributed by atoms with Gasteiger partial charge >= 0.3 is 0 Å². The number of H-pyrrole nitrogens is 2. The molecule has 2 N–H and O–H groups in total. The molecular formula is C17H21Cl2N5OSi. The smallest absolute Gasteiger partial charge is 0.185 e. The number of rotatable bonds is 7. The largest absolute Gasteiger partial charge is 0.407 e. The van der Waals surface area contributed by atoms with Crippen LogP contribution < -0.4 is 0 Å². The molecule has 0 spiro atoms. The highest BCUT2D eigenvalue weighted by atomic mass is 35.5. The van der Waals surface area contributed by atoms with Gasteiger partial charge in [0, 0.05) is 40.8 Å². The number of aromatic amines is 2. The summed E-state index contributed by atoms with van der Waals surface area (Å²) >= 11 is 12.7. The number of benzene rings is 1. The molecule has 1 aromatic carbocycles. The minimum atomic E-state index is -1.98. The molecule has 3 rings (SSSR count). The van der Waals surface area contributed by atoms with E-state index in [2.05, 4.69) is 44.8 Å². The van der Waals surface area contributed by atoms with E-state index in [1.165, 1.54) is 0 Å². The van der Waals surface area contributed by atoms with Gasteiger partial charge in [0.25, 0.3) is 0 Å². The van der Waals surface area contributed by atoms with Crippen molar-refractivity contribution in [2.24, 2.45) is 0 Å². The zero-order valence-electron chi connectivity index (χ0n) is 14.9. The lowest BCUT2D eigenvalue weighted by Crippen LogP contribution is -2.44. The summed E-state index contributed by atoms with van der Waals surface area (Å²) < 4.78 is 6.74. The fraction of sp³-hybridized carbons (Fsp3) is 0.353. The molecule has 0 radical (unpaired) electrons. The summed E-state index contributed by atoms with van der Waals surface area (Å²) in [5.74, 6) is 1.46. The molecule has 0 bridgehead atoms. The standard InChI is InChI=1S/C17H21Cl2N5OSi/c1-26(2,3)25-17(9-15-20-6-7-21-15,10-16-22-11-23-24-16)13-5-4-12(18)8-14(13)19/h4-8,11H,9-10H2,1-3H3,(H,20,21)(H,22,23,24). The van der Waals surface area contributed by atoms with E-state index < -0.39 is 13.9 Å². The molecule has 3 aromatic rings. The summed E-state index contributed by atoms with van der Waals surface area (Å²) in [6.07, 6.45) is 6.06. The Morgan fingerprint density at radius 3 is 2.54 bits per heavy atom. The highest BCUT2D eigenvalue weighted by Gasteiger charge is 2.41. The fourth-order valence-electron chi connectivity index (χ4n) is 3.07. The molecule has 1 unspecified atom stereocenters. The van der Waals surface area contributed by atoms with Crippen molar-refractivity contribution in [1.29, 1.82) is 0 Å². The third-order valence-corrected chi connectivity index (χ3v) is 5.39. The number of aromatic nitrogens is 5. The quantitative estimate of drug-likeness (QED) is 0.567. The third kappa shape index (κ3) is 4.53. The predicted octanol–water partition coefficient (Wildman–Crippen LogP) is 4.37. The van der Waals surface area contributed by atoms with Crippen molar-refractivity contribution in [1.82, 2.24) is 25.1 Å². The monoisotopic (exact) mass is 409 g/mol. The second kappa shape index (κ2) is 7.52. The SMILES string of the molecule is C[Si](C)(C)OC(Cc1nc[nH]n1)(Cc1ncc[nH]1)c1ccc(Cl)cc1Cl. The third-order valence-electron chi connectivity index (χ3n) is 3.84. The van der Waals surface area contributed by atoms with Crippen LogP contribution in [0.1, 0.15) is 17.2 Å².